The van der Waals surface area contributed by atoms with E-state index in [1.807, 2.05) is 0 Å². The predicted molar refractivity (Wildman–Crippen MR) is 43.9 cm³/mol. The molecule has 4 nitrogen and oxygen atoms in total. The van der Waals surface area contributed by atoms with Crippen LogP contribution in [0.1, 0.15) is 10.4 Å². The maximum atomic E-state index is 10.8. The van der Waals surface area contributed by atoms with Crippen molar-refractivity contribution in [2.75, 3.05) is 0 Å². The fourth-order valence-corrected chi connectivity index (χ4v) is 1.11. The first-order chi connectivity index (χ1) is 5.63. The van der Waals surface area contributed by atoms with Crippen molar-refractivity contribution >= 4 is 29.2 Å². The van der Waals surface area contributed by atoms with Crippen molar-refractivity contribution in [1.82, 2.24) is 4.98 Å². The quantitative estimate of drug-likeness (QED) is 0.558. The molecule has 64 valence electrons. The first-order valence-corrected chi connectivity index (χ1v) is 3.63. The Kier molecular flexibility index (Phi) is 2.86. The van der Waals surface area contributed by atoms with E-state index in [9.17, 15) is 4.79 Å². The summed E-state index contributed by atoms with van der Waals surface area (Å²) in [6, 6.07) is 2.62. The monoisotopic (exact) mass is 206 g/mol. The Bertz CT molecular complexity index is 296. The minimum Gasteiger partial charge on any atom is -0.370 e. The second kappa shape index (κ2) is 3.71. The van der Waals surface area contributed by atoms with Crippen LogP contribution in [-0.4, -0.2) is 11.0 Å². The van der Waals surface area contributed by atoms with Gasteiger partial charge in [0.1, 0.15) is 10.3 Å². The molecule has 0 saturated carbocycles. The Balaban J connectivity index is 3.08. The second-order valence-corrected chi connectivity index (χ2v) is 2.68. The van der Waals surface area contributed by atoms with E-state index in [2.05, 4.69) is 15.7 Å². The lowest BCUT2D eigenvalue weighted by molar-refractivity contribution is 0.0503. The molecule has 0 aliphatic carbocycles. The molecule has 0 amide bonds. The SMILES string of the molecule is NOC(=O)c1cc(Cl)nc(Cl)c1. The lowest BCUT2D eigenvalue weighted by atomic mass is 10.3. The molecule has 1 aromatic heterocycles. The van der Waals surface area contributed by atoms with E-state index in [-0.39, 0.29) is 15.9 Å². The van der Waals surface area contributed by atoms with Gasteiger partial charge in [-0.1, -0.05) is 23.2 Å². The van der Waals surface area contributed by atoms with Gasteiger partial charge in [0.15, 0.2) is 0 Å². The zero-order valence-corrected chi connectivity index (χ0v) is 7.26. The van der Waals surface area contributed by atoms with Crippen molar-refractivity contribution in [2.24, 2.45) is 5.90 Å². The number of carbonyl (C=O) groups is 1. The molecule has 0 bridgehead atoms. The summed E-state index contributed by atoms with van der Waals surface area (Å²) in [6.45, 7) is 0. The average Bonchev–Trinajstić information content (AvgIpc) is 2.01. The van der Waals surface area contributed by atoms with Crippen LogP contribution in [0.3, 0.4) is 0 Å². The van der Waals surface area contributed by atoms with E-state index >= 15 is 0 Å². The summed E-state index contributed by atoms with van der Waals surface area (Å²) in [5.74, 6) is 3.94. The van der Waals surface area contributed by atoms with Crippen LogP contribution < -0.4 is 5.90 Å². The van der Waals surface area contributed by atoms with Crippen LogP contribution in [0.25, 0.3) is 0 Å². The predicted octanol–water partition coefficient (Wildman–Crippen LogP) is 1.42. The van der Waals surface area contributed by atoms with Crippen molar-refractivity contribution < 1.29 is 9.63 Å². The van der Waals surface area contributed by atoms with Crippen LogP contribution in [-0.2, 0) is 4.84 Å². The molecular formula is C6H4Cl2N2O2. The summed E-state index contributed by atoms with van der Waals surface area (Å²) in [6.07, 6.45) is 0. The summed E-state index contributed by atoms with van der Waals surface area (Å²) < 4.78 is 0. The molecular weight excluding hydrogens is 203 g/mol. The highest BCUT2D eigenvalue weighted by molar-refractivity contribution is 6.32. The fraction of sp³-hybridized carbons (Fsp3) is 0. The van der Waals surface area contributed by atoms with Gasteiger partial charge in [-0.25, -0.2) is 9.78 Å². The molecule has 1 heterocycles. The van der Waals surface area contributed by atoms with Gasteiger partial charge in [-0.05, 0) is 12.1 Å². The average molecular weight is 207 g/mol. The molecule has 0 unspecified atom stereocenters. The molecule has 2 N–H and O–H groups in total. The van der Waals surface area contributed by atoms with Crippen molar-refractivity contribution in [3.63, 3.8) is 0 Å². The van der Waals surface area contributed by atoms with E-state index in [0.717, 1.165) is 0 Å². The van der Waals surface area contributed by atoms with Crippen LogP contribution >= 0.6 is 23.2 Å². The Morgan fingerprint density at radius 1 is 1.42 bits per heavy atom. The van der Waals surface area contributed by atoms with Crippen molar-refractivity contribution in [1.29, 1.82) is 0 Å². The molecule has 0 aliphatic rings. The zero-order chi connectivity index (χ0) is 9.14. The van der Waals surface area contributed by atoms with Gasteiger partial charge in [0, 0.05) is 0 Å². The lowest BCUT2D eigenvalue weighted by Crippen LogP contribution is -2.10. The van der Waals surface area contributed by atoms with Crippen LogP contribution in [0.4, 0.5) is 0 Å². The minimum atomic E-state index is -0.707. The molecule has 12 heavy (non-hydrogen) atoms. The number of pyridine rings is 1. The highest BCUT2D eigenvalue weighted by Crippen LogP contribution is 2.14. The Hall–Kier alpha value is -0.840. The van der Waals surface area contributed by atoms with Gasteiger partial charge < -0.3 is 4.84 Å². The standard InChI is InChI=1S/C6H4Cl2N2O2/c7-4-1-3(6(11)12-9)2-5(8)10-4/h1-2H,9H2. The third kappa shape index (κ3) is 2.07. The van der Waals surface area contributed by atoms with Crippen molar-refractivity contribution in [2.45, 2.75) is 0 Å². The van der Waals surface area contributed by atoms with E-state index in [1.54, 1.807) is 0 Å². The summed E-state index contributed by atoms with van der Waals surface area (Å²) in [4.78, 5) is 18.4. The van der Waals surface area contributed by atoms with Crippen molar-refractivity contribution in [3.8, 4) is 0 Å². The van der Waals surface area contributed by atoms with Crippen molar-refractivity contribution in [3.05, 3.63) is 28.0 Å². The largest absolute Gasteiger partial charge is 0.370 e. The summed E-state index contributed by atoms with van der Waals surface area (Å²) >= 11 is 11.0. The minimum absolute atomic E-state index is 0.114. The van der Waals surface area contributed by atoms with E-state index in [0.29, 0.717) is 0 Å². The molecule has 0 spiro atoms. The Morgan fingerprint density at radius 3 is 2.33 bits per heavy atom. The Labute approximate surface area is 78.2 Å². The number of nitrogens with two attached hydrogens (primary N) is 1. The number of carbonyl (C=O) groups excluding carboxylic acids is 1. The highest BCUT2D eigenvalue weighted by Gasteiger charge is 2.08. The molecule has 1 aromatic rings. The smallest absolute Gasteiger partial charge is 0.356 e. The van der Waals surface area contributed by atoms with Gasteiger partial charge >= 0.3 is 5.97 Å². The van der Waals surface area contributed by atoms with Gasteiger partial charge in [-0.3, -0.25) is 0 Å². The number of halogens is 2. The second-order valence-electron chi connectivity index (χ2n) is 1.91. The van der Waals surface area contributed by atoms with E-state index in [1.165, 1.54) is 12.1 Å². The first-order valence-electron chi connectivity index (χ1n) is 2.87. The summed E-state index contributed by atoms with van der Waals surface area (Å²) in [5.41, 5.74) is 0.169. The zero-order valence-electron chi connectivity index (χ0n) is 5.75. The molecule has 0 fully saturated rings. The van der Waals surface area contributed by atoms with Gasteiger partial charge in [0.05, 0.1) is 5.56 Å². The van der Waals surface area contributed by atoms with Gasteiger partial charge in [-0.15, -0.1) is 0 Å². The summed E-state index contributed by atoms with van der Waals surface area (Å²) in [5, 5.41) is 0.228. The van der Waals surface area contributed by atoms with Crippen LogP contribution in [0, 0.1) is 0 Å². The number of hydrogen-bond donors (Lipinski definition) is 1. The van der Waals surface area contributed by atoms with Gasteiger partial charge in [0.25, 0.3) is 0 Å². The Morgan fingerprint density at radius 2 is 1.92 bits per heavy atom. The molecule has 0 atom stereocenters. The van der Waals surface area contributed by atoms with Crippen LogP contribution in [0.15, 0.2) is 12.1 Å². The first kappa shape index (κ1) is 9.25. The third-order valence-corrected chi connectivity index (χ3v) is 1.49. The molecule has 0 radical (unpaired) electrons. The molecule has 1 rings (SSSR count). The van der Waals surface area contributed by atoms with Gasteiger partial charge in [0.2, 0.25) is 0 Å². The number of nitrogens with zero attached hydrogens (tertiary/aromatic N) is 1. The number of aromatic nitrogens is 1. The van der Waals surface area contributed by atoms with Crippen LogP contribution in [0.2, 0.25) is 10.3 Å². The lowest BCUT2D eigenvalue weighted by Gasteiger charge is -1.98. The highest BCUT2D eigenvalue weighted by atomic mass is 35.5. The maximum absolute atomic E-state index is 10.8. The molecule has 0 aromatic carbocycles. The van der Waals surface area contributed by atoms with E-state index < -0.39 is 5.97 Å². The molecule has 0 saturated heterocycles. The van der Waals surface area contributed by atoms with Crippen LogP contribution in [0.5, 0.6) is 0 Å². The normalized spacial score (nSPS) is 9.58. The fourth-order valence-electron chi connectivity index (χ4n) is 0.651. The maximum Gasteiger partial charge on any atom is 0.356 e. The van der Waals surface area contributed by atoms with E-state index in [4.69, 9.17) is 23.2 Å². The van der Waals surface area contributed by atoms with Gasteiger partial charge in [-0.2, -0.15) is 5.90 Å². The summed E-state index contributed by atoms with van der Waals surface area (Å²) in [7, 11) is 0. The third-order valence-electron chi connectivity index (χ3n) is 1.11. The molecule has 6 heteroatoms. The molecule has 0 aliphatic heterocycles. The number of rotatable bonds is 1. The number of hydrogen-bond acceptors (Lipinski definition) is 4. The topological polar surface area (TPSA) is 65.2 Å².